The fourth-order valence-electron chi connectivity index (χ4n) is 1.78. The molecule has 0 saturated heterocycles. The molecule has 0 amide bonds. The molecule has 0 saturated carbocycles. The Morgan fingerprint density at radius 2 is 1.76 bits per heavy atom. The van der Waals surface area contributed by atoms with Crippen LogP contribution in [0.5, 0.6) is 0 Å². The number of benzene rings is 1. The first kappa shape index (κ1) is 11.3. The van der Waals surface area contributed by atoms with Gasteiger partial charge in [-0.1, -0.05) is 44.2 Å². The molecular weight excluding hydrogens is 208 g/mol. The minimum absolute atomic E-state index is 0.258. The molecule has 0 aliphatic heterocycles. The van der Waals surface area contributed by atoms with E-state index in [1.54, 1.807) is 0 Å². The van der Waals surface area contributed by atoms with Crippen molar-refractivity contribution in [2.45, 2.75) is 19.8 Å². The summed E-state index contributed by atoms with van der Waals surface area (Å²) < 4.78 is 0. The number of hydrogen-bond donors (Lipinski definition) is 0. The highest BCUT2D eigenvalue weighted by molar-refractivity contribution is 5.60. The van der Waals surface area contributed by atoms with Crippen LogP contribution in [0.4, 0.5) is 0 Å². The predicted molar refractivity (Wildman–Crippen MR) is 68.5 cm³/mol. The van der Waals surface area contributed by atoms with Gasteiger partial charge in [0.2, 0.25) is 0 Å². The molecule has 84 valence electrons. The van der Waals surface area contributed by atoms with Gasteiger partial charge in [0.1, 0.15) is 6.07 Å². The second kappa shape index (κ2) is 4.80. The maximum Gasteiger partial charge on any atom is 0.101 e. The largest absolute Gasteiger partial charge is 0.251 e. The Hall–Kier alpha value is -2.14. The van der Waals surface area contributed by atoms with Crippen molar-refractivity contribution in [3.8, 4) is 17.3 Å². The van der Waals surface area contributed by atoms with E-state index in [0.29, 0.717) is 5.56 Å². The summed E-state index contributed by atoms with van der Waals surface area (Å²) in [5.41, 5.74) is 3.54. The van der Waals surface area contributed by atoms with E-state index in [9.17, 15) is 0 Å². The molecule has 0 aliphatic rings. The zero-order valence-electron chi connectivity index (χ0n) is 10.0. The van der Waals surface area contributed by atoms with Gasteiger partial charge in [-0.3, -0.25) is 4.98 Å². The molecule has 2 rings (SSSR count). The molecule has 0 atom stereocenters. The lowest BCUT2D eigenvalue weighted by Gasteiger charge is -2.09. The summed E-state index contributed by atoms with van der Waals surface area (Å²) in [4.78, 5) is 4.59. The van der Waals surface area contributed by atoms with Crippen LogP contribution in [0.15, 0.2) is 42.5 Å². The second-order valence-electron chi connectivity index (χ2n) is 4.26. The van der Waals surface area contributed by atoms with Crippen molar-refractivity contribution in [1.82, 2.24) is 4.98 Å². The molecule has 1 aromatic carbocycles. The molecule has 0 spiro atoms. The number of rotatable bonds is 2. The van der Waals surface area contributed by atoms with E-state index in [1.165, 1.54) is 0 Å². The number of pyridine rings is 1. The van der Waals surface area contributed by atoms with Crippen molar-refractivity contribution in [3.05, 3.63) is 53.7 Å². The van der Waals surface area contributed by atoms with Crippen LogP contribution in [-0.2, 0) is 0 Å². The minimum Gasteiger partial charge on any atom is -0.251 e. The van der Waals surface area contributed by atoms with E-state index < -0.39 is 0 Å². The van der Waals surface area contributed by atoms with Gasteiger partial charge < -0.3 is 0 Å². The fourth-order valence-corrected chi connectivity index (χ4v) is 1.78. The van der Waals surface area contributed by atoms with Gasteiger partial charge in [0.05, 0.1) is 17.0 Å². The maximum atomic E-state index is 9.04. The van der Waals surface area contributed by atoms with Crippen LogP contribution in [0.25, 0.3) is 11.3 Å². The van der Waals surface area contributed by atoms with E-state index in [0.717, 1.165) is 17.0 Å². The van der Waals surface area contributed by atoms with Crippen LogP contribution >= 0.6 is 0 Å². The smallest absolute Gasteiger partial charge is 0.101 e. The highest BCUT2D eigenvalue weighted by atomic mass is 14.7. The second-order valence-corrected chi connectivity index (χ2v) is 4.26. The molecule has 2 aromatic rings. The quantitative estimate of drug-likeness (QED) is 0.776. The van der Waals surface area contributed by atoms with Gasteiger partial charge in [-0.15, -0.1) is 0 Å². The Morgan fingerprint density at radius 3 is 2.35 bits per heavy atom. The van der Waals surface area contributed by atoms with Crippen LogP contribution in [0.1, 0.15) is 31.0 Å². The Kier molecular flexibility index (Phi) is 3.20. The molecule has 2 heteroatoms. The van der Waals surface area contributed by atoms with E-state index >= 15 is 0 Å². The molecule has 0 aliphatic carbocycles. The third-order valence-corrected chi connectivity index (χ3v) is 2.66. The van der Waals surface area contributed by atoms with Gasteiger partial charge in [0.15, 0.2) is 0 Å². The zero-order valence-corrected chi connectivity index (χ0v) is 10.0. The molecule has 0 radical (unpaired) electrons. The molecule has 0 N–H and O–H groups in total. The van der Waals surface area contributed by atoms with E-state index in [4.69, 9.17) is 5.26 Å². The molecule has 0 fully saturated rings. The number of hydrogen-bond acceptors (Lipinski definition) is 2. The lowest BCUT2D eigenvalue weighted by atomic mass is 10.0. The monoisotopic (exact) mass is 222 g/mol. The Morgan fingerprint density at radius 1 is 1.06 bits per heavy atom. The van der Waals surface area contributed by atoms with Crippen molar-refractivity contribution in [3.63, 3.8) is 0 Å². The first-order valence-electron chi connectivity index (χ1n) is 5.69. The summed E-state index contributed by atoms with van der Waals surface area (Å²) in [6, 6.07) is 16.0. The van der Waals surface area contributed by atoms with Gasteiger partial charge in [-0.2, -0.15) is 5.26 Å². The number of nitriles is 1. The first-order valence-corrected chi connectivity index (χ1v) is 5.69. The Labute approximate surface area is 102 Å². The van der Waals surface area contributed by atoms with Gasteiger partial charge >= 0.3 is 0 Å². The summed E-state index contributed by atoms with van der Waals surface area (Å²) in [6.07, 6.45) is 0. The normalized spacial score (nSPS) is 10.2. The van der Waals surface area contributed by atoms with Gasteiger partial charge in [-0.25, -0.2) is 0 Å². The lowest BCUT2D eigenvalue weighted by molar-refractivity contribution is 0.820. The average Bonchev–Trinajstić information content (AvgIpc) is 2.39. The molecule has 1 aromatic heterocycles. The van der Waals surface area contributed by atoms with Gasteiger partial charge in [0.25, 0.3) is 0 Å². The van der Waals surface area contributed by atoms with E-state index in [1.807, 2.05) is 42.5 Å². The minimum atomic E-state index is 0.258. The lowest BCUT2D eigenvalue weighted by Crippen LogP contribution is -1.98. The van der Waals surface area contributed by atoms with Crippen molar-refractivity contribution < 1.29 is 0 Å². The standard InChI is InChI=1S/C15H14N2/c1-11(2)15-13(10-16)8-9-14(17-15)12-6-4-3-5-7-12/h3-9,11H,1-2H3. The summed E-state index contributed by atoms with van der Waals surface area (Å²) >= 11 is 0. The highest BCUT2D eigenvalue weighted by Gasteiger charge is 2.09. The first-order chi connectivity index (χ1) is 8.22. The van der Waals surface area contributed by atoms with Crippen LogP contribution in [-0.4, -0.2) is 4.98 Å². The third-order valence-electron chi connectivity index (χ3n) is 2.66. The SMILES string of the molecule is CC(C)c1nc(-c2ccccc2)ccc1C#N. The molecule has 0 unspecified atom stereocenters. The maximum absolute atomic E-state index is 9.04. The predicted octanol–water partition coefficient (Wildman–Crippen LogP) is 3.74. The van der Waals surface area contributed by atoms with Gasteiger partial charge in [0, 0.05) is 5.56 Å². The van der Waals surface area contributed by atoms with E-state index in [-0.39, 0.29) is 5.92 Å². The highest BCUT2D eigenvalue weighted by Crippen LogP contribution is 2.22. The summed E-state index contributed by atoms with van der Waals surface area (Å²) in [5, 5.41) is 9.04. The summed E-state index contributed by atoms with van der Waals surface area (Å²) in [7, 11) is 0. The molecule has 1 heterocycles. The van der Waals surface area contributed by atoms with Crippen LogP contribution in [0.3, 0.4) is 0 Å². The number of nitrogens with zero attached hydrogens (tertiary/aromatic N) is 2. The third kappa shape index (κ3) is 2.34. The van der Waals surface area contributed by atoms with Crippen molar-refractivity contribution >= 4 is 0 Å². The molecule has 2 nitrogen and oxygen atoms in total. The zero-order chi connectivity index (χ0) is 12.3. The number of aromatic nitrogens is 1. The van der Waals surface area contributed by atoms with Crippen molar-refractivity contribution in [2.24, 2.45) is 0 Å². The van der Waals surface area contributed by atoms with Crippen LogP contribution in [0, 0.1) is 11.3 Å². The van der Waals surface area contributed by atoms with Crippen LogP contribution < -0.4 is 0 Å². The van der Waals surface area contributed by atoms with Crippen LogP contribution in [0.2, 0.25) is 0 Å². The summed E-state index contributed by atoms with van der Waals surface area (Å²) in [6.45, 7) is 4.11. The van der Waals surface area contributed by atoms with Crippen molar-refractivity contribution in [2.75, 3.05) is 0 Å². The molecule has 0 bridgehead atoms. The van der Waals surface area contributed by atoms with E-state index in [2.05, 4.69) is 24.9 Å². The summed E-state index contributed by atoms with van der Waals surface area (Å²) in [5.74, 6) is 0.258. The van der Waals surface area contributed by atoms with Crippen molar-refractivity contribution in [1.29, 1.82) is 5.26 Å². The topological polar surface area (TPSA) is 36.7 Å². The van der Waals surface area contributed by atoms with Gasteiger partial charge in [-0.05, 0) is 18.1 Å². The Bertz CT molecular complexity index is 551. The molecule has 17 heavy (non-hydrogen) atoms. The average molecular weight is 222 g/mol. The fraction of sp³-hybridized carbons (Fsp3) is 0.200. The Balaban J connectivity index is 2.53. The molecular formula is C15H14N2.